The van der Waals surface area contributed by atoms with Crippen molar-refractivity contribution in [3.63, 3.8) is 0 Å². The maximum atomic E-state index is 12.0. The molecule has 0 fully saturated rings. The van der Waals surface area contributed by atoms with Gasteiger partial charge in [-0.3, -0.25) is 4.79 Å². The Morgan fingerprint density at radius 3 is 2.50 bits per heavy atom. The summed E-state index contributed by atoms with van der Waals surface area (Å²) in [5.41, 5.74) is 0.765. The topological polar surface area (TPSA) is 30.2 Å². The quantitative estimate of drug-likeness (QED) is 0.603. The molecule has 0 unspecified atom stereocenters. The minimum Gasteiger partial charge on any atom is -0.468 e. The molecule has 94 valence electrons. The van der Waals surface area contributed by atoms with Gasteiger partial charge in [0.2, 0.25) is 0 Å². The van der Waals surface area contributed by atoms with E-state index in [0.717, 1.165) is 16.2 Å². The molecule has 4 heteroatoms. The molecule has 0 saturated heterocycles. The van der Waals surface area contributed by atoms with Crippen LogP contribution in [0.4, 0.5) is 0 Å². The maximum Gasteiger partial charge on any atom is 0.173 e. The van der Waals surface area contributed by atoms with Crippen LogP contribution in [0.25, 0.3) is 0 Å². The second-order valence-electron chi connectivity index (χ2n) is 3.78. The highest BCUT2D eigenvalue weighted by Gasteiger charge is 2.09. The number of hydrogen-bond acceptors (Lipinski definition) is 4. The number of carbonyl (C=O) groups is 1. The molecule has 0 bridgehead atoms. The lowest BCUT2D eigenvalue weighted by atomic mass is 10.1. The molecule has 0 radical (unpaired) electrons. The number of rotatable bonds is 5. The van der Waals surface area contributed by atoms with Gasteiger partial charge in [0, 0.05) is 15.4 Å². The number of Topliss-reactive ketones (excluding diaryl/α,β-unsaturated/α-hetero) is 1. The molecule has 1 heterocycles. The molecule has 0 N–H and O–H groups in total. The van der Waals surface area contributed by atoms with Crippen molar-refractivity contribution in [2.24, 2.45) is 0 Å². The van der Waals surface area contributed by atoms with E-state index in [0.29, 0.717) is 5.75 Å². The van der Waals surface area contributed by atoms with Crippen molar-refractivity contribution >= 4 is 29.3 Å². The summed E-state index contributed by atoms with van der Waals surface area (Å²) in [6.45, 7) is 1.90. The summed E-state index contributed by atoms with van der Waals surface area (Å²) in [7, 11) is 0. The first-order valence-electron chi connectivity index (χ1n) is 5.55. The molecule has 18 heavy (non-hydrogen) atoms. The van der Waals surface area contributed by atoms with Crippen LogP contribution < -0.4 is 0 Å². The van der Waals surface area contributed by atoms with Crippen molar-refractivity contribution in [2.75, 3.05) is 12.0 Å². The predicted molar refractivity (Wildman–Crippen MR) is 76.7 cm³/mol. The smallest absolute Gasteiger partial charge is 0.173 e. The summed E-state index contributed by atoms with van der Waals surface area (Å²) < 4.78 is 5.20. The lowest BCUT2D eigenvalue weighted by Gasteiger charge is -2.02. The highest BCUT2D eigenvalue weighted by Crippen LogP contribution is 2.24. The average molecular weight is 278 g/mol. The standard InChI is InChI=1S/C14H14O2S2/c1-10-14(7-8-16-10)18-9-13(15)11-3-5-12(17-2)6-4-11/h3-8H,9H2,1-2H3. The van der Waals surface area contributed by atoms with E-state index in [9.17, 15) is 4.79 Å². The molecule has 1 aromatic carbocycles. The molecule has 0 amide bonds. The normalized spacial score (nSPS) is 10.6. The van der Waals surface area contributed by atoms with Crippen molar-refractivity contribution in [3.05, 3.63) is 47.9 Å². The molecule has 0 aliphatic heterocycles. The second kappa shape index (κ2) is 6.16. The zero-order valence-corrected chi connectivity index (χ0v) is 11.9. The fraction of sp³-hybridized carbons (Fsp3) is 0.214. The molecule has 0 spiro atoms. The van der Waals surface area contributed by atoms with Crippen LogP contribution in [0.2, 0.25) is 0 Å². The minimum absolute atomic E-state index is 0.147. The molecule has 0 atom stereocenters. The maximum absolute atomic E-state index is 12.0. The van der Waals surface area contributed by atoms with E-state index in [4.69, 9.17) is 4.42 Å². The van der Waals surface area contributed by atoms with E-state index in [-0.39, 0.29) is 5.78 Å². The van der Waals surface area contributed by atoms with Crippen LogP contribution in [0.15, 0.2) is 50.8 Å². The van der Waals surface area contributed by atoms with Crippen LogP contribution in [0.3, 0.4) is 0 Å². The van der Waals surface area contributed by atoms with Crippen molar-refractivity contribution in [3.8, 4) is 0 Å². The molecule has 2 nitrogen and oxygen atoms in total. The zero-order chi connectivity index (χ0) is 13.0. The van der Waals surface area contributed by atoms with E-state index < -0.39 is 0 Å². The monoisotopic (exact) mass is 278 g/mol. The fourth-order valence-corrected chi connectivity index (χ4v) is 2.79. The van der Waals surface area contributed by atoms with Gasteiger partial charge in [0.25, 0.3) is 0 Å². The molecule has 2 aromatic rings. The Hall–Kier alpha value is -1.13. The molecule has 0 aliphatic carbocycles. The molecule has 1 aromatic heterocycles. The summed E-state index contributed by atoms with van der Waals surface area (Å²) in [4.78, 5) is 14.2. The minimum atomic E-state index is 0.147. The van der Waals surface area contributed by atoms with Gasteiger partial charge in [0.1, 0.15) is 5.76 Å². The van der Waals surface area contributed by atoms with Crippen LogP contribution in [0.5, 0.6) is 0 Å². The fourth-order valence-electron chi connectivity index (χ4n) is 1.53. The molecule has 0 aliphatic rings. The van der Waals surface area contributed by atoms with Gasteiger partial charge in [-0.05, 0) is 31.4 Å². The third-order valence-electron chi connectivity index (χ3n) is 2.58. The van der Waals surface area contributed by atoms with Gasteiger partial charge in [-0.15, -0.1) is 23.5 Å². The van der Waals surface area contributed by atoms with Crippen LogP contribution in [-0.2, 0) is 0 Å². The third-order valence-corrected chi connectivity index (χ3v) is 4.47. The first-order valence-corrected chi connectivity index (χ1v) is 7.76. The summed E-state index contributed by atoms with van der Waals surface area (Å²) >= 11 is 3.19. The van der Waals surface area contributed by atoms with Crippen molar-refractivity contribution in [2.45, 2.75) is 16.7 Å². The number of hydrogen-bond donors (Lipinski definition) is 0. The van der Waals surface area contributed by atoms with Gasteiger partial charge in [0.05, 0.1) is 12.0 Å². The van der Waals surface area contributed by atoms with Crippen molar-refractivity contribution < 1.29 is 9.21 Å². The Morgan fingerprint density at radius 1 is 1.22 bits per heavy atom. The molecule has 0 saturated carbocycles. The number of furan rings is 1. The van der Waals surface area contributed by atoms with Gasteiger partial charge < -0.3 is 4.42 Å². The van der Waals surface area contributed by atoms with Crippen molar-refractivity contribution in [1.82, 2.24) is 0 Å². The van der Waals surface area contributed by atoms with Crippen molar-refractivity contribution in [1.29, 1.82) is 0 Å². The zero-order valence-electron chi connectivity index (χ0n) is 10.3. The van der Waals surface area contributed by atoms with Crippen LogP contribution >= 0.6 is 23.5 Å². The van der Waals surface area contributed by atoms with Crippen LogP contribution in [-0.4, -0.2) is 17.8 Å². The number of thioether (sulfide) groups is 2. The molecular weight excluding hydrogens is 264 g/mol. The van der Waals surface area contributed by atoms with Gasteiger partial charge in [-0.25, -0.2) is 0 Å². The number of aryl methyl sites for hydroxylation is 1. The van der Waals surface area contributed by atoms with E-state index in [1.54, 1.807) is 18.0 Å². The van der Waals surface area contributed by atoms with E-state index in [1.165, 1.54) is 16.7 Å². The number of benzene rings is 1. The van der Waals surface area contributed by atoms with Gasteiger partial charge in [-0.2, -0.15) is 0 Å². The first kappa shape index (κ1) is 13.3. The van der Waals surface area contributed by atoms with E-state index in [2.05, 4.69) is 0 Å². The summed E-state index contributed by atoms with van der Waals surface area (Å²) in [5.74, 6) is 1.46. The largest absolute Gasteiger partial charge is 0.468 e. The molecular formula is C14H14O2S2. The van der Waals surface area contributed by atoms with Gasteiger partial charge >= 0.3 is 0 Å². The Kier molecular flexibility index (Phi) is 4.55. The Labute approximate surface area is 115 Å². The van der Waals surface area contributed by atoms with Gasteiger partial charge in [0.15, 0.2) is 5.78 Å². The lowest BCUT2D eigenvalue weighted by Crippen LogP contribution is -2.01. The summed E-state index contributed by atoms with van der Waals surface area (Å²) in [6, 6.07) is 9.62. The third kappa shape index (κ3) is 3.21. The van der Waals surface area contributed by atoms with Gasteiger partial charge in [-0.1, -0.05) is 12.1 Å². The Morgan fingerprint density at radius 2 is 1.94 bits per heavy atom. The highest BCUT2D eigenvalue weighted by molar-refractivity contribution is 8.00. The highest BCUT2D eigenvalue weighted by atomic mass is 32.2. The van der Waals surface area contributed by atoms with E-state index >= 15 is 0 Å². The second-order valence-corrected chi connectivity index (χ2v) is 5.68. The predicted octanol–water partition coefficient (Wildman–Crippen LogP) is 4.28. The Bertz CT molecular complexity index is 529. The van der Waals surface area contributed by atoms with Crippen LogP contribution in [0.1, 0.15) is 16.1 Å². The van der Waals surface area contributed by atoms with E-state index in [1.807, 2.05) is 43.5 Å². The molecule has 2 rings (SSSR count). The number of ketones is 1. The summed E-state index contributed by atoms with van der Waals surface area (Å²) in [5, 5.41) is 0. The summed E-state index contributed by atoms with van der Waals surface area (Å²) in [6.07, 6.45) is 3.67. The SMILES string of the molecule is CSc1ccc(C(=O)CSc2ccoc2C)cc1. The number of carbonyl (C=O) groups excluding carboxylic acids is 1. The Balaban J connectivity index is 1.97. The lowest BCUT2D eigenvalue weighted by molar-refractivity contribution is 0.102. The van der Waals surface area contributed by atoms with Crippen LogP contribution in [0, 0.1) is 6.92 Å². The first-order chi connectivity index (χ1) is 8.70. The average Bonchev–Trinajstić information content (AvgIpc) is 2.81.